The summed E-state index contributed by atoms with van der Waals surface area (Å²) in [5.74, 6) is 1.25. The van der Waals surface area contributed by atoms with Crippen LogP contribution in [0.4, 0.5) is 4.79 Å². The largest absolute Gasteiger partial charge is 0.454 e. The van der Waals surface area contributed by atoms with Crippen molar-refractivity contribution in [2.75, 3.05) is 39.6 Å². The number of amides is 1. The number of ether oxygens (including phenoxy) is 3. The first-order chi connectivity index (χ1) is 12.6. The summed E-state index contributed by atoms with van der Waals surface area (Å²) in [5, 5.41) is 0.856. The Kier molecular flexibility index (Phi) is 4.42. The second-order valence-electron chi connectivity index (χ2n) is 6.41. The Bertz CT molecular complexity index is 885. The molecule has 4 rings (SSSR count). The van der Waals surface area contributed by atoms with Crippen LogP contribution in [-0.4, -0.2) is 50.6 Å². The van der Waals surface area contributed by atoms with Crippen LogP contribution in [0.25, 0.3) is 11.0 Å². The van der Waals surface area contributed by atoms with Crippen molar-refractivity contribution in [1.29, 1.82) is 0 Å². The molecule has 1 N–H and O–H groups in total. The number of nitrogens with zero attached hydrogens (tertiary/aromatic N) is 1. The molecule has 1 saturated heterocycles. The topological polar surface area (TPSA) is 82.7 Å². The first-order valence-corrected chi connectivity index (χ1v) is 8.75. The maximum atomic E-state index is 11.9. The predicted molar refractivity (Wildman–Crippen MR) is 91.6 cm³/mol. The Labute approximate surface area is 149 Å². The number of benzene rings is 1. The fraction of sp³-hybridized carbons (Fsp3) is 0.444. The van der Waals surface area contributed by atoms with Gasteiger partial charge in [-0.15, -0.1) is 0 Å². The van der Waals surface area contributed by atoms with Gasteiger partial charge in [-0.3, -0.25) is 4.90 Å². The van der Waals surface area contributed by atoms with Crippen molar-refractivity contribution < 1.29 is 28.3 Å². The third-order valence-electron chi connectivity index (χ3n) is 4.76. The van der Waals surface area contributed by atoms with Gasteiger partial charge in [0.1, 0.15) is 12.1 Å². The van der Waals surface area contributed by atoms with Crippen LogP contribution in [0, 0.1) is 0 Å². The molecular weight excluding hydrogens is 340 g/mol. The summed E-state index contributed by atoms with van der Waals surface area (Å²) in [6, 6.07) is 5.11. The lowest BCUT2D eigenvalue weighted by atomic mass is 10.1. The smallest absolute Gasteiger partial charge is 0.410 e. The summed E-state index contributed by atoms with van der Waals surface area (Å²) in [6.45, 7) is 5.91. The quantitative estimate of drug-likeness (QED) is 0.796. The summed E-state index contributed by atoms with van der Waals surface area (Å²) in [7, 11) is 0. The fourth-order valence-corrected chi connectivity index (χ4v) is 3.43. The molecule has 0 bridgehead atoms. The van der Waals surface area contributed by atoms with E-state index in [-0.39, 0.29) is 18.5 Å². The van der Waals surface area contributed by atoms with Gasteiger partial charge in [0.2, 0.25) is 6.79 Å². The Hall–Kier alpha value is -2.74. The van der Waals surface area contributed by atoms with Crippen LogP contribution >= 0.6 is 0 Å². The number of nitrogens with one attached hydrogen (secondary N) is 1. The van der Waals surface area contributed by atoms with Crippen LogP contribution in [0.15, 0.2) is 27.4 Å². The Morgan fingerprint density at radius 2 is 1.92 bits per heavy atom. The molecule has 1 aromatic heterocycles. The van der Waals surface area contributed by atoms with Gasteiger partial charge in [-0.2, -0.15) is 0 Å². The number of piperazine rings is 1. The second kappa shape index (κ2) is 6.87. The number of fused-ring (bicyclic) bond motifs is 2. The fourth-order valence-electron chi connectivity index (χ4n) is 3.43. The van der Waals surface area contributed by atoms with E-state index >= 15 is 0 Å². The third kappa shape index (κ3) is 3.20. The minimum absolute atomic E-state index is 0.173. The second-order valence-corrected chi connectivity index (χ2v) is 6.41. The van der Waals surface area contributed by atoms with E-state index in [9.17, 15) is 9.59 Å². The summed E-state index contributed by atoms with van der Waals surface area (Å²) < 4.78 is 21.2. The molecule has 26 heavy (non-hydrogen) atoms. The van der Waals surface area contributed by atoms with Gasteiger partial charge in [-0.1, -0.05) is 0 Å². The first kappa shape index (κ1) is 16.7. The van der Waals surface area contributed by atoms with Crippen molar-refractivity contribution >= 4 is 17.1 Å². The molecule has 0 radical (unpaired) electrons. The number of rotatable bonds is 3. The minimum atomic E-state index is -0.379. The van der Waals surface area contributed by atoms with Crippen molar-refractivity contribution in [3.8, 4) is 11.5 Å². The standard InChI is InChI=1S/C18H20N2O6/c1-2-23-18(22)20-5-3-19(4-6-20)10-12-7-17(21)26-14-9-16-15(8-13(12)14)24-11-25-16/h7-9H,2-6,10-11H2,1H3/p+1. The molecular formula is C18H21N2O6+. The van der Waals surface area contributed by atoms with Gasteiger partial charge in [0.15, 0.2) is 11.5 Å². The molecule has 1 aromatic carbocycles. The van der Waals surface area contributed by atoms with Crippen LogP contribution in [0.3, 0.4) is 0 Å². The molecule has 2 aliphatic rings. The van der Waals surface area contributed by atoms with Gasteiger partial charge in [0.05, 0.1) is 32.8 Å². The summed E-state index contributed by atoms with van der Waals surface area (Å²) in [5.41, 5.74) is 1.03. The lowest BCUT2D eigenvalue weighted by Gasteiger charge is -2.31. The van der Waals surface area contributed by atoms with Crippen LogP contribution in [0.2, 0.25) is 0 Å². The number of carbonyl (C=O) groups is 1. The maximum Gasteiger partial charge on any atom is 0.410 e. The molecule has 0 spiro atoms. The highest BCUT2D eigenvalue weighted by molar-refractivity contribution is 5.84. The number of quaternary nitrogens is 1. The van der Waals surface area contributed by atoms with Crippen LogP contribution in [0.5, 0.6) is 11.5 Å². The van der Waals surface area contributed by atoms with E-state index in [2.05, 4.69) is 0 Å². The molecule has 3 heterocycles. The van der Waals surface area contributed by atoms with Crippen molar-refractivity contribution in [3.05, 3.63) is 34.2 Å². The normalized spacial score (nSPS) is 16.9. The monoisotopic (exact) mass is 361 g/mol. The predicted octanol–water partition coefficient (Wildman–Crippen LogP) is 0.379. The van der Waals surface area contributed by atoms with E-state index in [4.69, 9.17) is 18.6 Å². The van der Waals surface area contributed by atoms with E-state index in [1.165, 1.54) is 11.0 Å². The van der Waals surface area contributed by atoms with E-state index in [1.807, 2.05) is 6.07 Å². The zero-order valence-electron chi connectivity index (χ0n) is 14.6. The molecule has 1 amide bonds. The lowest BCUT2D eigenvalue weighted by Crippen LogP contribution is -3.13. The Morgan fingerprint density at radius 3 is 2.65 bits per heavy atom. The minimum Gasteiger partial charge on any atom is -0.454 e. The third-order valence-corrected chi connectivity index (χ3v) is 4.76. The lowest BCUT2D eigenvalue weighted by molar-refractivity contribution is -0.917. The summed E-state index contributed by atoms with van der Waals surface area (Å²) in [4.78, 5) is 26.8. The summed E-state index contributed by atoms with van der Waals surface area (Å²) in [6.07, 6.45) is -0.259. The molecule has 0 aliphatic carbocycles. The van der Waals surface area contributed by atoms with E-state index in [1.54, 1.807) is 17.9 Å². The number of hydrogen-bond acceptors (Lipinski definition) is 6. The van der Waals surface area contributed by atoms with Gasteiger partial charge in [0, 0.05) is 23.1 Å². The van der Waals surface area contributed by atoms with Crippen molar-refractivity contribution in [1.82, 2.24) is 4.90 Å². The van der Waals surface area contributed by atoms with Crippen LogP contribution in [0.1, 0.15) is 12.5 Å². The first-order valence-electron chi connectivity index (χ1n) is 8.75. The SMILES string of the molecule is CCOC(=O)N1CC[NH+](Cc2cc(=O)oc3cc4c(cc23)OCO4)CC1. The van der Waals surface area contributed by atoms with Gasteiger partial charge in [0.25, 0.3) is 0 Å². The van der Waals surface area contributed by atoms with Gasteiger partial charge < -0.3 is 23.5 Å². The zero-order chi connectivity index (χ0) is 18.1. The van der Waals surface area contributed by atoms with Gasteiger partial charge >= 0.3 is 11.7 Å². The van der Waals surface area contributed by atoms with Crippen LogP contribution < -0.4 is 20.0 Å². The highest BCUT2D eigenvalue weighted by atomic mass is 16.7. The van der Waals surface area contributed by atoms with E-state index in [0.717, 1.165) is 24.0 Å². The van der Waals surface area contributed by atoms with E-state index in [0.29, 0.717) is 43.3 Å². The molecule has 138 valence electrons. The number of carbonyl (C=O) groups excluding carboxylic acids is 1. The van der Waals surface area contributed by atoms with Crippen molar-refractivity contribution in [3.63, 3.8) is 0 Å². The average Bonchev–Trinajstić information content (AvgIpc) is 3.08. The molecule has 1 fully saturated rings. The zero-order valence-corrected chi connectivity index (χ0v) is 14.6. The molecule has 2 aliphatic heterocycles. The molecule has 8 nitrogen and oxygen atoms in total. The molecule has 0 unspecified atom stereocenters. The molecule has 8 heteroatoms. The van der Waals surface area contributed by atoms with E-state index < -0.39 is 0 Å². The highest BCUT2D eigenvalue weighted by Crippen LogP contribution is 2.36. The van der Waals surface area contributed by atoms with Crippen LogP contribution in [-0.2, 0) is 11.3 Å². The van der Waals surface area contributed by atoms with Gasteiger partial charge in [-0.25, -0.2) is 9.59 Å². The van der Waals surface area contributed by atoms with Crippen molar-refractivity contribution in [2.24, 2.45) is 0 Å². The van der Waals surface area contributed by atoms with Crippen molar-refractivity contribution in [2.45, 2.75) is 13.5 Å². The molecule has 0 atom stereocenters. The Balaban J connectivity index is 1.53. The average molecular weight is 361 g/mol. The highest BCUT2D eigenvalue weighted by Gasteiger charge is 2.26. The van der Waals surface area contributed by atoms with Gasteiger partial charge in [-0.05, 0) is 13.0 Å². The number of hydrogen-bond donors (Lipinski definition) is 1. The molecule has 2 aromatic rings. The summed E-state index contributed by atoms with van der Waals surface area (Å²) >= 11 is 0. The Morgan fingerprint density at radius 1 is 1.19 bits per heavy atom. The maximum absolute atomic E-state index is 11.9. The molecule has 0 saturated carbocycles.